The Morgan fingerprint density at radius 1 is 1.24 bits per heavy atom. The van der Waals surface area contributed by atoms with E-state index in [-0.39, 0.29) is 23.0 Å². The number of aliphatic hydroxyl groups excluding tert-OH is 1. The Kier molecular flexibility index (Phi) is 5.66. The molecule has 1 aliphatic rings. The number of imidazole rings is 1. The lowest BCUT2D eigenvalue weighted by Gasteiger charge is -2.26. The minimum absolute atomic E-state index is 0.0214. The number of ether oxygens (including phenoxy) is 1. The van der Waals surface area contributed by atoms with E-state index in [0.29, 0.717) is 17.5 Å². The summed E-state index contributed by atoms with van der Waals surface area (Å²) < 4.78 is 46.6. The monoisotopic (exact) mass is 422 g/mol. The van der Waals surface area contributed by atoms with Gasteiger partial charge < -0.3 is 14.4 Å². The van der Waals surface area contributed by atoms with Crippen molar-refractivity contribution in [2.24, 2.45) is 0 Å². The second-order valence-corrected chi connectivity index (χ2v) is 8.23. The molecule has 1 N–H and O–H groups in total. The maximum absolute atomic E-state index is 13.7. The Morgan fingerprint density at radius 3 is 2.76 bits per heavy atom. The van der Waals surface area contributed by atoms with Crippen LogP contribution in [0.1, 0.15) is 37.9 Å². The number of halogens is 2. The molecule has 3 atom stereocenters. The number of hydrogen-bond acceptors (Lipinski definition) is 6. The summed E-state index contributed by atoms with van der Waals surface area (Å²) in [6.07, 6.45) is 0.623. The molecule has 7 nitrogen and oxygen atoms in total. The van der Waals surface area contributed by atoms with Crippen LogP contribution in [0.4, 0.5) is 8.78 Å². The van der Waals surface area contributed by atoms with Crippen LogP contribution in [0.3, 0.4) is 0 Å². The van der Waals surface area contributed by atoms with Gasteiger partial charge in [-0.3, -0.25) is 4.57 Å². The van der Waals surface area contributed by atoms with Gasteiger partial charge in [-0.2, -0.15) is 4.98 Å². The predicted octanol–water partition coefficient (Wildman–Crippen LogP) is 3.17. The maximum Gasteiger partial charge on any atom is 0.347 e. The molecule has 0 saturated heterocycles. The SMILES string of the molecule is C[S+]([O-])c1nc(OC2CCCC(O)C2)cc(-n2c(C(F)F)nc3ccccc32)n1. The van der Waals surface area contributed by atoms with Gasteiger partial charge in [-0.1, -0.05) is 12.1 Å². The highest BCUT2D eigenvalue weighted by atomic mass is 32.2. The highest BCUT2D eigenvalue weighted by molar-refractivity contribution is 7.90. The zero-order valence-electron chi connectivity index (χ0n) is 15.7. The summed E-state index contributed by atoms with van der Waals surface area (Å²) in [6.45, 7) is 0. The average Bonchev–Trinajstić information content (AvgIpc) is 3.07. The smallest absolute Gasteiger partial charge is 0.347 e. The normalized spacial score (nSPS) is 20.9. The van der Waals surface area contributed by atoms with E-state index >= 15 is 0 Å². The van der Waals surface area contributed by atoms with Gasteiger partial charge in [0.1, 0.15) is 12.4 Å². The Hall–Kier alpha value is -2.30. The predicted molar refractivity (Wildman–Crippen MR) is 103 cm³/mol. The Bertz CT molecular complexity index is 1010. The highest BCUT2D eigenvalue weighted by Crippen LogP contribution is 2.30. The maximum atomic E-state index is 13.7. The van der Waals surface area contributed by atoms with Crippen LogP contribution in [0.25, 0.3) is 16.9 Å². The Balaban J connectivity index is 1.80. The molecule has 10 heteroatoms. The number of rotatable bonds is 5. The molecule has 0 amide bonds. The van der Waals surface area contributed by atoms with Gasteiger partial charge in [0.2, 0.25) is 5.88 Å². The number of nitrogens with zero attached hydrogens (tertiary/aromatic N) is 4. The van der Waals surface area contributed by atoms with Gasteiger partial charge in [0.05, 0.1) is 17.1 Å². The number of alkyl halides is 2. The van der Waals surface area contributed by atoms with Gasteiger partial charge in [-0.25, -0.2) is 13.8 Å². The van der Waals surface area contributed by atoms with Crippen molar-refractivity contribution in [1.82, 2.24) is 19.5 Å². The van der Waals surface area contributed by atoms with E-state index < -0.39 is 29.5 Å². The molecule has 1 saturated carbocycles. The molecule has 1 aromatic carbocycles. The first-order chi connectivity index (χ1) is 13.9. The van der Waals surface area contributed by atoms with Crippen molar-refractivity contribution in [3.63, 3.8) is 0 Å². The molecule has 2 heterocycles. The highest BCUT2D eigenvalue weighted by Gasteiger charge is 2.26. The molecular weight excluding hydrogens is 402 g/mol. The molecule has 1 aliphatic carbocycles. The second-order valence-electron chi connectivity index (χ2n) is 6.96. The van der Waals surface area contributed by atoms with Crippen LogP contribution < -0.4 is 4.74 Å². The fourth-order valence-electron chi connectivity index (χ4n) is 3.53. The summed E-state index contributed by atoms with van der Waals surface area (Å²) in [5, 5.41) is 9.84. The largest absolute Gasteiger partial charge is 0.609 e. The minimum Gasteiger partial charge on any atom is -0.609 e. The van der Waals surface area contributed by atoms with Gasteiger partial charge in [-0.15, -0.1) is 4.98 Å². The molecule has 3 unspecified atom stereocenters. The van der Waals surface area contributed by atoms with Crippen molar-refractivity contribution < 1.29 is 23.2 Å². The van der Waals surface area contributed by atoms with E-state index in [0.717, 1.165) is 19.3 Å². The van der Waals surface area contributed by atoms with Crippen molar-refractivity contribution in [2.75, 3.05) is 6.26 Å². The van der Waals surface area contributed by atoms with E-state index in [2.05, 4.69) is 15.0 Å². The number of hydrogen-bond donors (Lipinski definition) is 1. The Morgan fingerprint density at radius 2 is 2.03 bits per heavy atom. The van der Waals surface area contributed by atoms with E-state index in [1.165, 1.54) is 16.9 Å². The van der Waals surface area contributed by atoms with E-state index in [1.54, 1.807) is 24.3 Å². The molecule has 4 rings (SSSR count). The number of aliphatic hydroxyl groups is 1. The summed E-state index contributed by atoms with van der Waals surface area (Å²) in [6, 6.07) is 8.17. The fourth-order valence-corrected chi connectivity index (χ4v) is 3.97. The third kappa shape index (κ3) is 4.19. The third-order valence-corrected chi connectivity index (χ3v) is 5.52. The number of benzene rings is 1. The van der Waals surface area contributed by atoms with Crippen molar-refractivity contribution in [3.8, 4) is 11.7 Å². The standard InChI is InChI=1S/C19H20F2N4O3S/c1-29(27)19-23-15(10-16(24-19)28-12-6-4-5-11(26)9-12)25-14-8-3-2-7-13(14)22-18(25)17(20)21/h2-3,7-8,10-12,17,26H,4-6,9H2,1H3. The van der Waals surface area contributed by atoms with Crippen LogP contribution in [0.15, 0.2) is 35.5 Å². The summed E-state index contributed by atoms with van der Waals surface area (Å²) in [7, 11) is 0. The van der Waals surface area contributed by atoms with Crippen LogP contribution in [-0.4, -0.2) is 47.6 Å². The molecule has 0 spiro atoms. The summed E-state index contributed by atoms with van der Waals surface area (Å²) in [4.78, 5) is 12.4. The molecule has 0 bridgehead atoms. The summed E-state index contributed by atoms with van der Waals surface area (Å²) in [5.74, 6) is -0.213. The number of fused-ring (bicyclic) bond motifs is 1. The van der Waals surface area contributed by atoms with Crippen LogP contribution in [0.5, 0.6) is 5.88 Å². The van der Waals surface area contributed by atoms with Crippen molar-refractivity contribution >= 4 is 22.2 Å². The van der Waals surface area contributed by atoms with Crippen LogP contribution >= 0.6 is 0 Å². The molecule has 29 heavy (non-hydrogen) atoms. The summed E-state index contributed by atoms with van der Waals surface area (Å²) in [5.41, 5.74) is 0.854. The minimum atomic E-state index is -2.83. The lowest BCUT2D eigenvalue weighted by atomic mass is 9.95. The molecule has 0 radical (unpaired) electrons. The first-order valence-corrected chi connectivity index (χ1v) is 10.8. The zero-order chi connectivity index (χ0) is 20.5. The van der Waals surface area contributed by atoms with Crippen molar-refractivity contribution in [1.29, 1.82) is 0 Å². The van der Waals surface area contributed by atoms with Crippen molar-refractivity contribution in [2.45, 2.75) is 49.5 Å². The van der Waals surface area contributed by atoms with Crippen molar-refractivity contribution in [3.05, 3.63) is 36.2 Å². The van der Waals surface area contributed by atoms with E-state index in [4.69, 9.17) is 4.74 Å². The lowest BCUT2D eigenvalue weighted by molar-refractivity contribution is 0.0509. The van der Waals surface area contributed by atoms with Crippen LogP contribution in [0, 0.1) is 0 Å². The first-order valence-electron chi connectivity index (χ1n) is 9.25. The van der Waals surface area contributed by atoms with Crippen LogP contribution in [0.2, 0.25) is 0 Å². The molecule has 3 aromatic rings. The second kappa shape index (κ2) is 8.21. The molecule has 154 valence electrons. The van der Waals surface area contributed by atoms with Gasteiger partial charge in [-0.05, 0) is 31.4 Å². The Labute approximate surface area is 168 Å². The first kappa shape index (κ1) is 20.0. The third-order valence-electron chi connectivity index (χ3n) is 4.82. The topological polar surface area (TPSA) is 96.1 Å². The quantitative estimate of drug-likeness (QED) is 0.501. The van der Waals surface area contributed by atoms with Gasteiger partial charge in [0, 0.05) is 23.7 Å². The number of aromatic nitrogens is 4. The molecule has 2 aromatic heterocycles. The average molecular weight is 422 g/mol. The number of para-hydroxylation sites is 2. The molecule has 1 fully saturated rings. The zero-order valence-corrected chi connectivity index (χ0v) is 16.5. The fraction of sp³-hybridized carbons (Fsp3) is 0.421. The van der Waals surface area contributed by atoms with Gasteiger partial charge in [0.25, 0.3) is 6.43 Å². The lowest BCUT2D eigenvalue weighted by Crippen LogP contribution is -2.28. The van der Waals surface area contributed by atoms with E-state index in [1.807, 2.05) is 0 Å². The van der Waals surface area contributed by atoms with Crippen LogP contribution in [-0.2, 0) is 11.2 Å². The summed E-state index contributed by atoms with van der Waals surface area (Å²) >= 11 is -1.55. The van der Waals surface area contributed by atoms with E-state index in [9.17, 15) is 18.4 Å². The van der Waals surface area contributed by atoms with Gasteiger partial charge >= 0.3 is 5.16 Å². The molecule has 0 aliphatic heterocycles. The van der Waals surface area contributed by atoms with Gasteiger partial charge in [0.15, 0.2) is 11.6 Å². The molecular formula is C19H20F2N4O3S.